The van der Waals surface area contributed by atoms with Gasteiger partial charge in [-0.2, -0.15) is 0 Å². The first kappa shape index (κ1) is 14.9. The Balaban J connectivity index is 1.86. The minimum absolute atomic E-state index is 0.0571. The van der Waals surface area contributed by atoms with Crippen molar-refractivity contribution in [3.05, 3.63) is 54.1 Å². The van der Waals surface area contributed by atoms with Crippen LogP contribution in [0.15, 0.2) is 48.5 Å². The van der Waals surface area contributed by atoms with Crippen molar-refractivity contribution in [1.29, 1.82) is 0 Å². The van der Waals surface area contributed by atoms with Crippen LogP contribution < -0.4 is 15.8 Å². The predicted molar refractivity (Wildman–Crippen MR) is 82.1 cm³/mol. The molecule has 21 heavy (non-hydrogen) atoms. The lowest BCUT2D eigenvalue weighted by Gasteiger charge is -2.09. The minimum Gasteiger partial charge on any atom is -0.484 e. The number of nitrogens with two attached hydrogens (primary N) is 1. The Morgan fingerprint density at radius 3 is 2.67 bits per heavy atom. The summed E-state index contributed by atoms with van der Waals surface area (Å²) in [4.78, 5) is 11.8. The summed E-state index contributed by atoms with van der Waals surface area (Å²) in [5, 5.41) is 2.78. The van der Waals surface area contributed by atoms with Gasteiger partial charge in [0.15, 0.2) is 6.61 Å². The number of nitrogen functional groups attached to an aromatic ring is 1. The molecule has 0 heterocycles. The highest BCUT2D eigenvalue weighted by Crippen LogP contribution is 2.14. The molecule has 3 N–H and O–H groups in total. The first-order valence-corrected chi connectivity index (χ1v) is 6.53. The molecule has 5 nitrogen and oxygen atoms in total. The topological polar surface area (TPSA) is 73.6 Å². The van der Waals surface area contributed by atoms with E-state index in [0.29, 0.717) is 18.0 Å². The number of amides is 1. The smallest absolute Gasteiger partial charge is 0.262 e. The Labute approximate surface area is 123 Å². The molecule has 0 saturated heterocycles. The van der Waals surface area contributed by atoms with E-state index in [2.05, 4.69) is 5.32 Å². The van der Waals surface area contributed by atoms with E-state index in [-0.39, 0.29) is 12.5 Å². The molecule has 0 aliphatic heterocycles. The number of methoxy groups -OCH3 is 1. The largest absolute Gasteiger partial charge is 0.484 e. The van der Waals surface area contributed by atoms with E-state index in [0.717, 1.165) is 11.3 Å². The van der Waals surface area contributed by atoms with Crippen LogP contribution in [0.4, 0.5) is 11.4 Å². The zero-order chi connectivity index (χ0) is 15.1. The van der Waals surface area contributed by atoms with Gasteiger partial charge in [0.05, 0.1) is 6.61 Å². The van der Waals surface area contributed by atoms with Gasteiger partial charge in [-0.3, -0.25) is 4.79 Å². The number of hydrogen-bond donors (Lipinski definition) is 2. The van der Waals surface area contributed by atoms with Gasteiger partial charge in [0.25, 0.3) is 5.91 Å². The molecular formula is C16H18N2O3. The molecule has 0 aliphatic rings. The lowest BCUT2D eigenvalue weighted by molar-refractivity contribution is -0.118. The highest BCUT2D eigenvalue weighted by atomic mass is 16.5. The number of hydrogen-bond acceptors (Lipinski definition) is 4. The molecule has 110 valence electrons. The molecule has 5 heteroatoms. The van der Waals surface area contributed by atoms with Crippen molar-refractivity contribution in [1.82, 2.24) is 0 Å². The molecule has 0 spiro atoms. The second-order valence-electron chi connectivity index (χ2n) is 4.54. The third-order valence-electron chi connectivity index (χ3n) is 2.77. The maximum Gasteiger partial charge on any atom is 0.262 e. The molecule has 2 aromatic carbocycles. The highest BCUT2D eigenvalue weighted by molar-refractivity contribution is 5.91. The lowest BCUT2D eigenvalue weighted by atomic mass is 10.2. The standard InChI is InChI=1S/C16H18N2O3/c1-20-10-12-3-2-4-14(9-12)18-16(19)11-21-15-7-5-13(17)6-8-15/h2-9H,10-11,17H2,1H3,(H,18,19). The average Bonchev–Trinajstić information content (AvgIpc) is 2.47. The third kappa shape index (κ3) is 4.81. The Hall–Kier alpha value is -2.53. The Morgan fingerprint density at radius 1 is 1.19 bits per heavy atom. The number of ether oxygens (including phenoxy) is 2. The van der Waals surface area contributed by atoms with Crippen molar-refractivity contribution >= 4 is 17.3 Å². The minimum atomic E-state index is -0.221. The predicted octanol–water partition coefficient (Wildman–Crippen LogP) is 2.43. The molecule has 1 amide bonds. The van der Waals surface area contributed by atoms with E-state index in [1.165, 1.54) is 0 Å². The van der Waals surface area contributed by atoms with Gasteiger partial charge in [0.2, 0.25) is 0 Å². The molecule has 0 saturated carbocycles. The maximum atomic E-state index is 11.8. The number of carbonyl (C=O) groups excluding carboxylic acids is 1. The first-order valence-electron chi connectivity index (χ1n) is 6.53. The summed E-state index contributed by atoms with van der Waals surface area (Å²) in [5.41, 5.74) is 7.95. The summed E-state index contributed by atoms with van der Waals surface area (Å²) in [6, 6.07) is 14.4. The van der Waals surface area contributed by atoms with Gasteiger partial charge in [-0.25, -0.2) is 0 Å². The van der Waals surface area contributed by atoms with Gasteiger partial charge >= 0.3 is 0 Å². The SMILES string of the molecule is COCc1cccc(NC(=O)COc2ccc(N)cc2)c1. The quantitative estimate of drug-likeness (QED) is 0.800. The molecule has 2 aromatic rings. The normalized spacial score (nSPS) is 10.1. The fourth-order valence-corrected chi connectivity index (χ4v) is 1.82. The number of rotatable bonds is 6. The number of benzene rings is 2. The van der Waals surface area contributed by atoms with Crippen molar-refractivity contribution in [2.75, 3.05) is 24.8 Å². The van der Waals surface area contributed by atoms with Gasteiger partial charge in [0, 0.05) is 18.5 Å². The van der Waals surface area contributed by atoms with Crippen LogP contribution in [0.2, 0.25) is 0 Å². The monoisotopic (exact) mass is 286 g/mol. The van der Waals surface area contributed by atoms with Crippen molar-refractivity contribution in [3.8, 4) is 5.75 Å². The van der Waals surface area contributed by atoms with E-state index in [1.807, 2.05) is 24.3 Å². The van der Waals surface area contributed by atoms with E-state index in [4.69, 9.17) is 15.2 Å². The van der Waals surface area contributed by atoms with Crippen LogP contribution in [0.1, 0.15) is 5.56 Å². The summed E-state index contributed by atoms with van der Waals surface area (Å²) < 4.78 is 10.4. The molecule has 2 rings (SSSR count). The summed E-state index contributed by atoms with van der Waals surface area (Å²) in [7, 11) is 1.63. The van der Waals surface area contributed by atoms with E-state index in [1.54, 1.807) is 31.4 Å². The first-order chi connectivity index (χ1) is 10.2. The molecule has 0 radical (unpaired) electrons. The lowest BCUT2D eigenvalue weighted by Crippen LogP contribution is -2.20. The van der Waals surface area contributed by atoms with Crippen LogP contribution in [-0.4, -0.2) is 19.6 Å². The number of carbonyl (C=O) groups is 1. The molecule has 0 fully saturated rings. The summed E-state index contributed by atoms with van der Waals surface area (Å²) in [6.07, 6.45) is 0. The van der Waals surface area contributed by atoms with Crippen LogP contribution in [-0.2, 0) is 16.1 Å². The number of nitrogens with one attached hydrogen (secondary N) is 1. The fourth-order valence-electron chi connectivity index (χ4n) is 1.82. The zero-order valence-electron chi connectivity index (χ0n) is 11.8. The van der Waals surface area contributed by atoms with Gasteiger partial charge in [-0.05, 0) is 42.0 Å². The van der Waals surface area contributed by atoms with E-state index in [9.17, 15) is 4.79 Å². The highest BCUT2D eigenvalue weighted by Gasteiger charge is 2.04. The number of anilines is 2. The Bertz CT molecular complexity index is 597. The maximum absolute atomic E-state index is 11.8. The molecule has 0 aliphatic carbocycles. The zero-order valence-corrected chi connectivity index (χ0v) is 11.8. The fraction of sp³-hybridized carbons (Fsp3) is 0.188. The Morgan fingerprint density at radius 2 is 1.95 bits per heavy atom. The van der Waals surface area contributed by atoms with Crippen molar-refractivity contribution < 1.29 is 14.3 Å². The summed E-state index contributed by atoms with van der Waals surface area (Å²) >= 11 is 0. The average molecular weight is 286 g/mol. The van der Waals surface area contributed by atoms with Crippen LogP contribution in [0.5, 0.6) is 5.75 Å². The molecule has 0 aromatic heterocycles. The van der Waals surface area contributed by atoms with Gasteiger partial charge in [-0.1, -0.05) is 12.1 Å². The summed E-state index contributed by atoms with van der Waals surface area (Å²) in [5.74, 6) is 0.383. The molecule has 0 unspecified atom stereocenters. The van der Waals surface area contributed by atoms with Gasteiger partial charge in [-0.15, -0.1) is 0 Å². The van der Waals surface area contributed by atoms with Crippen LogP contribution in [0.3, 0.4) is 0 Å². The van der Waals surface area contributed by atoms with E-state index < -0.39 is 0 Å². The Kier molecular flexibility index (Phi) is 5.17. The van der Waals surface area contributed by atoms with Gasteiger partial charge in [0.1, 0.15) is 5.75 Å². The molecule has 0 bridgehead atoms. The summed E-state index contributed by atoms with van der Waals surface area (Å²) in [6.45, 7) is 0.448. The van der Waals surface area contributed by atoms with E-state index >= 15 is 0 Å². The molecule has 0 atom stereocenters. The van der Waals surface area contributed by atoms with Crippen molar-refractivity contribution in [2.24, 2.45) is 0 Å². The van der Waals surface area contributed by atoms with Crippen LogP contribution in [0.25, 0.3) is 0 Å². The second kappa shape index (κ2) is 7.31. The van der Waals surface area contributed by atoms with Crippen molar-refractivity contribution in [3.63, 3.8) is 0 Å². The second-order valence-corrected chi connectivity index (χ2v) is 4.54. The van der Waals surface area contributed by atoms with Crippen molar-refractivity contribution in [2.45, 2.75) is 6.61 Å². The van der Waals surface area contributed by atoms with Crippen LogP contribution >= 0.6 is 0 Å². The third-order valence-corrected chi connectivity index (χ3v) is 2.77. The van der Waals surface area contributed by atoms with Gasteiger partial charge < -0.3 is 20.5 Å². The molecular weight excluding hydrogens is 268 g/mol. The van der Waals surface area contributed by atoms with Crippen LogP contribution in [0, 0.1) is 0 Å².